The first-order valence-corrected chi connectivity index (χ1v) is 6.82. The Hall–Kier alpha value is -1.56. The van der Waals surface area contributed by atoms with Crippen molar-refractivity contribution in [2.24, 2.45) is 0 Å². The zero-order valence-corrected chi connectivity index (χ0v) is 11.3. The Morgan fingerprint density at radius 2 is 2.26 bits per heavy atom. The van der Waals surface area contributed by atoms with E-state index in [-0.39, 0.29) is 12.2 Å². The molecule has 0 aromatic carbocycles. The lowest BCUT2D eigenvalue weighted by Gasteiger charge is -2.22. The van der Waals surface area contributed by atoms with Crippen LogP contribution in [0.3, 0.4) is 0 Å². The minimum Gasteiger partial charge on any atom is -0.473 e. The zero-order chi connectivity index (χ0) is 13.4. The standard InChI is InChI=1S/C13H20N4O2/c1-7(2)18-13-11(14)12(15-6-16-13)17-9-5-8-3-4-10(9)19-8/h6-10H,3-5,14H2,1-2H3,(H,15,16,17). The van der Waals surface area contributed by atoms with Gasteiger partial charge in [0.1, 0.15) is 12.0 Å². The van der Waals surface area contributed by atoms with E-state index in [0.717, 1.165) is 12.8 Å². The molecule has 0 spiro atoms. The highest BCUT2D eigenvalue weighted by Crippen LogP contribution is 2.37. The molecule has 0 radical (unpaired) electrons. The summed E-state index contributed by atoms with van der Waals surface area (Å²) in [6.45, 7) is 3.89. The lowest BCUT2D eigenvalue weighted by atomic mass is 9.95. The highest BCUT2D eigenvalue weighted by Gasteiger charge is 2.41. The van der Waals surface area contributed by atoms with Crippen LogP contribution < -0.4 is 15.8 Å². The maximum Gasteiger partial charge on any atom is 0.242 e. The summed E-state index contributed by atoms with van der Waals surface area (Å²) in [4.78, 5) is 8.28. The van der Waals surface area contributed by atoms with Crippen molar-refractivity contribution in [3.05, 3.63) is 6.33 Å². The number of anilines is 2. The Labute approximate surface area is 112 Å². The minimum atomic E-state index is 0.0378. The van der Waals surface area contributed by atoms with Gasteiger partial charge in [0.2, 0.25) is 5.88 Å². The van der Waals surface area contributed by atoms with Crippen LogP contribution in [0.4, 0.5) is 11.5 Å². The molecule has 3 rings (SSSR count). The summed E-state index contributed by atoms with van der Waals surface area (Å²) in [5.41, 5.74) is 6.53. The number of nitrogens with zero attached hydrogens (tertiary/aromatic N) is 2. The first kappa shape index (κ1) is 12.5. The van der Waals surface area contributed by atoms with E-state index < -0.39 is 0 Å². The highest BCUT2D eigenvalue weighted by molar-refractivity contribution is 5.66. The molecule has 6 nitrogen and oxygen atoms in total. The first-order chi connectivity index (χ1) is 9.13. The van der Waals surface area contributed by atoms with Crippen LogP contribution in [0.1, 0.15) is 33.1 Å². The fraction of sp³-hybridized carbons (Fsp3) is 0.692. The molecule has 104 valence electrons. The summed E-state index contributed by atoms with van der Waals surface area (Å²) in [5, 5.41) is 3.37. The van der Waals surface area contributed by atoms with Crippen LogP contribution in [0, 0.1) is 0 Å². The third-order valence-electron chi connectivity index (χ3n) is 3.62. The number of nitrogens with one attached hydrogen (secondary N) is 1. The van der Waals surface area contributed by atoms with Crippen LogP contribution in [0.25, 0.3) is 0 Å². The summed E-state index contributed by atoms with van der Waals surface area (Å²) in [5.74, 6) is 1.09. The van der Waals surface area contributed by atoms with Gasteiger partial charge in [0.05, 0.1) is 24.4 Å². The van der Waals surface area contributed by atoms with Crippen molar-refractivity contribution in [3.8, 4) is 5.88 Å². The van der Waals surface area contributed by atoms with Gasteiger partial charge in [-0.05, 0) is 33.1 Å². The normalized spacial score (nSPS) is 28.9. The van der Waals surface area contributed by atoms with Crippen LogP contribution in [-0.2, 0) is 4.74 Å². The van der Waals surface area contributed by atoms with Crippen molar-refractivity contribution >= 4 is 11.5 Å². The Balaban J connectivity index is 1.74. The average molecular weight is 264 g/mol. The molecule has 0 aliphatic carbocycles. The fourth-order valence-corrected chi connectivity index (χ4v) is 2.78. The molecule has 0 saturated carbocycles. The van der Waals surface area contributed by atoms with Crippen LogP contribution in [-0.4, -0.2) is 34.3 Å². The number of aromatic nitrogens is 2. The second kappa shape index (κ2) is 4.85. The Kier molecular flexibility index (Phi) is 3.18. The van der Waals surface area contributed by atoms with Crippen LogP contribution in [0.15, 0.2) is 6.33 Å². The smallest absolute Gasteiger partial charge is 0.242 e. The molecule has 3 heterocycles. The monoisotopic (exact) mass is 264 g/mol. The van der Waals surface area contributed by atoms with Gasteiger partial charge in [-0.3, -0.25) is 0 Å². The van der Waals surface area contributed by atoms with E-state index in [1.165, 1.54) is 12.7 Å². The Morgan fingerprint density at radius 3 is 2.89 bits per heavy atom. The predicted octanol–water partition coefficient (Wildman–Crippen LogP) is 1.58. The summed E-state index contributed by atoms with van der Waals surface area (Å²) >= 11 is 0. The van der Waals surface area contributed by atoms with Gasteiger partial charge in [-0.2, -0.15) is 4.98 Å². The third-order valence-corrected chi connectivity index (χ3v) is 3.62. The molecule has 3 unspecified atom stereocenters. The molecule has 2 aliphatic rings. The third kappa shape index (κ3) is 2.45. The number of hydrogen-bond donors (Lipinski definition) is 2. The fourth-order valence-electron chi connectivity index (χ4n) is 2.78. The predicted molar refractivity (Wildman–Crippen MR) is 72.1 cm³/mol. The molecule has 2 bridgehead atoms. The summed E-state index contributed by atoms with van der Waals surface area (Å²) in [6, 6.07) is 0.294. The Bertz CT molecular complexity index is 466. The van der Waals surface area contributed by atoms with Gasteiger partial charge in [0.15, 0.2) is 5.82 Å². The molecule has 6 heteroatoms. The van der Waals surface area contributed by atoms with Crippen molar-refractivity contribution in [2.75, 3.05) is 11.1 Å². The minimum absolute atomic E-state index is 0.0378. The van der Waals surface area contributed by atoms with Crippen molar-refractivity contribution in [1.29, 1.82) is 0 Å². The molecule has 2 fully saturated rings. The zero-order valence-electron chi connectivity index (χ0n) is 11.3. The average Bonchev–Trinajstić information content (AvgIpc) is 2.96. The van der Waals surface area contributed by atoms with Gasteiger partial charge in [0.25, 0.3) is 0 Å². The van der Waals surface area contributed by atoms with E-state index in [4.69, 9.17) is 15.2 Å². The molecule has 1 aromatic heterocycles. The van der Waals surface area contributed by atoms with E-state index in [1.54, 1.807) is 0 Å². The van der Waals surface area contributed by atoms with Crippen LogP contribution >= 0.6 is 0 Å². The number of ether oxygens (including phenoxy) is 2. The molecule has 1 aromatic rings. The van der Waals surface area contributed by atoms with Crippen molar-refractivity contribution < 1.29 is 9.47 Å². The van der Waals surface area contributed by atoms with E-state index >= 15 is 0 Å². The van der Waals surface area contributed by atoms with Crippen molar-refractivity contribution in [3.63, 3.8) is 0 Å². The van der Waals surface area contributed by atoms with Gasteiger partial charge in [-0.1, -0.05) is 0 Å². The highest BCUT2D eigenvalue weighted by atomic mass is 16.5. The number of nitrogens with two attached hydrogens (primary N) is 1. The molecule has 2 aliphatic heterocycles. The summed E-state index contributed by atoms with van der Waals surface area (Å²) in [7, 11) is 0. The van der Waals surface area contributed by atoms with Crippen LogP contribution in [0.5, 0.6) is 5.88 Å². The molecular formula is C13H20N4O2. The van der Waals surface area contributed by atoms with Gasteiger partial charge in [-0.15, -0.1) is 0 Å². The molecule has 3 atom stereocenters. The second-order valence-electron chi connectivity index (χ2n) is 5.47. The molecule has 2 saturated heterocycles. The topological polar surface area (TPSA) is 82.3 Å². The lowest BCUT2D eigenvalue weighted by molar-refractivity contribution is 0.102. The van der Waals surface area contributed by atoms with E-state index in [2.05, 4.69) is 15.3 Å². The lowest BCUT2D eigenvalue weighted by Crippen LogP contribution is -2.31. The number of fused-ring (bicyclic) bond motifs is 2. The van der Waals surface area contributed by atoms with Gasteiger partial charge >= 0.3 is 0 Å². The first-order valence-electron chi connectivity index (χ1n) is 6.82. The summed E-state index contributed by atoms with van der Waals surface area (Å²) in [6.07, 6.45) is 5.51. The van der Waals surface area contributed by atoms with Gasteiger partial charge in [0, 0.05) is 0 Å². The molecular weight excluding hydrogens is 244 g/mol. The van der Waals surface area contributed by atoms with E-state index in [0.29, 0.717) is 29.5 Å². The van der Waals surface area contributed by atoms with Crippen molar-refractivity contribution in [2.45, 2.75) is 57.5 Å². The van der Waals surface area contributed by atoms with Gasteiger partial charge < -0.3 is 20.5 Å². The number of rotatable bonds is 4. The molecule has 19 heavy (non-hydrogen) atoms. The second-order valence-corrected chi connectivity index (χ2v) is 5.47. The molecule has 0 amide bonds. The van der Waals surface area contributed by atoms with E-state index in [1.807, 2.05) is 13.8 Å². The SMILES string of the molecule is CC(C)Oc1ncnc(NC2CC3CCC2O3)c1N. The number of hydrogen-bond acceptors (Lipinski definition) is 6. The van der Waals surface area contributed by atoms with Gasteiger partial charge in [-0.25, -0.2) is 4.98 Å². The Morgan fingerprint density at radius 1 is 1.42 bits per heavy atom. The summed E-state index contributed by atoms with van der Waals surface area (Å²) < 4.78 is 11.4. The molecule has 3 N–H and O–H groups in total. The number of nitrogen functional groups attached to an aromatic ring is 1. The quantitative estimate of drug-likeness (QED) is 0.859. The maximum atomic E-state index is 6.05. The van der Waals surface area contributed by atoms with E-state index in [9.17, 15) is 0 Å². The maximum absolute atomic E-state index is 6.05. The largest absolute Gasteiger partial charge is 0.473 e. The van der Waals surface area contributed by atoms with Crippen molar-refractivity contribution in [1.82, 2.24) is 9.97 Å². The van der Waals surface area contributed by atoms with Crippen LogP contribution in [0.2, 0.25) is 0 Å².